The van der Waals surface area contributed by atoms with Gasteiger partial charge in [-0.2, -0.15) is 0 Å². The Morgan fingerprint density at radius 3 is 2.67 bits per heavy atom. The summed E-state index contributed by atoms with van der Waals surface area (Å²) < 4.78 is 4.72. The molecule has 1 fully saturated rings. The predicted octanol–water partition coefficient (Wildman–Crippen LogP) is 0.975. The third-order valence-electron chi connectivity index (χ3n) is 0.669. The molecular weight excluding hydrogens is 99.0 g/mol. The van der Waals surface area contributed by atoms with Crippen molar-refractivity contribution in [2.24, 2.45) is 0 Å². The lowest BCUT2D eigenvalue weighted by Gasteiger charge is -1.90. The second-order valence-electron chi connectivity index (χ2n) is 1.25. The fourth-order valence-electron chi connectivity index (χ4n) is 0.330. The van der Waals surface area contributed by atoms with E-state index in [-0.39, 0.29) is 8.15 Å². The van der Waals surface area contributed by atoms with Gasteiger partial charge in [-0.3, -0.25) is 0 Å². The molecule has 1 aliphatic rings. The minimum absolute atomic E-state index is 0.187. The van der Waals surface area contributed by atoms with Gasteiger partial charge in [-0.1, -0.05) is 0 Å². The van der Waals surface area contributed by atoms with Gasteiger partial charge in [0, 0.05) is 6.16 Å². The molecule has 0 aliphatic carbocycles. The molecule has 1 saturated heterocycles. The zero-order valence-corrected chi connectivity index (χ0v) is 4.57. The first-order valence-corrected chi connectivity index (χ1v) is 3.79. The van der Waals surface area contributed by atoms with E-state index in [0.717, 1.165) is 12.8 Å². The van der Waals surface area contributed by atoms with Crippen molar-refractivity contribution >= 4 is 8.15 Å². The molecule has 3 heteroatoms. The Labute approximate surface area is 38.2 Å². The average Bonchev–Trinajstić information content (AvgIpc) is 1.86. The Morgan fingerprint density at radius 1 is 1.67 bits per heavy atom. The highest BCUT2D eigenvalue weighted by atomic mass is 31.1. The quantitative estimate of drug-likeness (QED) is 0.338. The molecule has 2 nitrogen and oxygen atoms in total. The van der Waals surface area contributed by atoms with Crippen LogP contribution in [0.15, 0.2) is 0 Å². The summed E-state index contributed by atoms with van der Waals surface area (Å²) in [6.45, 7) is 2.85. The molecule has 1 atom stereocenters. The molecule has 6 heavy (non-hydrogen) atoms. The molecule has 0 amide bonds. The molecule has 1 heterocycles. The van der Waals surface area contributed by atoms with E-state index >= 15 is 0 Å². The summed E-state index contributed by atoms with van der Waals surface area (Å²) in [6.07, 6.45) is 1.11. The highest BCUT2D eigenvalue weighted by molar-refractivity contribution is 7.51. The summed E-state index contributed by atoms with van der Waals surface area (Å²) >= 11 is 0. The van der Waals surface area contributed by atoms with Crippen molar-refractivity contribution in [3.05, 3.63) is 0 Å². The van der Waals surface area contributed by atoms with E-state index in [1.165, 1.54) is 0 Å². The van der Waals surface area contributed by atoms with Crippen molar-refractivity contribution in [1.29, 1.82) is 0 Å². The molecule has 0 aromatic rings. The lowest BCUT2D eigenvalue weighted by Crippen LogP contribution is -1.77. The van der Waals surface area contributed by atoms with E-state index in [1.54, 1.807) is 0 Å². The van der Waals surface area contributed by atoms with Crippen LogP contribution < -0.4 is 0 Å². The van der Waals surface area contributed by atoms with Gasteiger partial charge >= 0.3 is 0 Å². The summed E-state index contributed by atoms with van der Waals surface area (Å²) in [5.74, 6) is 0. The second-order valence-corrected chi connectivity index (χ2v) is 3.10. The maximum absolute atomic E-state index is 4.72. The third kappa shape index (κ3) is 0.904. The first kappa shape index (κ1) is 4.51. The summed E-state index contributed by atoms with van der Waals surface area (Å²) in [5, 5.41) is 0. The second kappa shape index (κ2) is 1.87. The average molecular weight is 106 g/mol. The zero-order chi connectivity index (χ0) is 4.41. The number of rotatable bonds is 0. The van der Waals surface area contributed by atoms with Gasteiger partial charge in [0.2, 0.25) is 0 Å². The summed E-state index contributed by atoms with van der Waals surface area (Å²) in [5.41, 5.74) is 0. The van der Waals surface area contributed by atoms with Crippen molar-refractivity contribution in [2.75, 3.05) is 19.4 Å². The highest BCUT2D eigenvalue weighted by Gasteiger charge is 2.09. The first-order chi connectivity index (χ1) is 2.89. The van der Waals surface area contributed by atoms with Crippen LogP contribution in [0.25, 0.3) is 0 Å². The molecular formula is C3H7O2P. The van der Waals surface area contributed by atoms with Crippen LogP contribution in [0.5, 0.6) is 0 Å². The van der Waals surface area contributed by atoms with E-state index in [1.807, 2.05) is 0 Å². The molecule has 0 N–H and O–H groups in total. The van der Waals surface area contributed by atoms with Crippen molar-refractivity contribution < 1.29 is 9.56 Å². The van der Waals surface area contributed by atoms with Gasteiger partial charge in [-0.15, -0.1) is 0 Å². The molecule has 1 aliphatic heterocycles. The van der Waals surface area contributed by atoms with Crippen molar-refractivity contribution in [3.8, 4) is 0 Å². The van der Waals surface area contributed by atoms with E-state index < -0.39 is 0 Å². The summed E-state index contributed by atoms with van der Waals surface area (Å²) in [7, 11) is -0.187. The molecule has 0 spiro atoms. The van der Waals surface area contributed by atoms with Gasteiger partial charge in [0.05, 0.1) is 14.8 Å². The molecule has 0 bridgehead atoms. The lowest BCUT2D eigenvalue weighted by molar-refractivity contribution is -0.174. The number of hydrogen-bond acceptors (Lipinski definition) is 2. The Bertz CT molecular complexity index is 42.1. The molecule has 1 rings (SSSR count). The summed E-state index contributed by atoms with van der Waals surface area (Å²) in [4.78, 5) is 4.59. The van der Waals surface area contributed by atoms with Crippen LogP contribution in [0, 0.1) is 0 Å². The van der Waals surface area contributed by atoms with E-state index in [0.29, 0.717) is 0 Å². The van der Waals surface area contributed by atoms with Gasteiger partial charge in [0.1, 0.15) is 0 Å². The fourth-order valence-corrected chi connectivity index (χ4v) is 0.991. The van der Waals surface area contributed by atoms with Gasteiger partial charge < -0.3 is 0 Å². The third-order valence-corrected chi connectivity index (χ3v) is 1.84. The largest absolute Gasteiger partial charge is 0.233 e. The minimum atomic E-state index is -0.187. The molecule has 0 aromatic carbocycles. The normalized spacial score (nSPS) is 34.5. The van der Waals surface area contributed by atoms with Gasteiger partial charge in [0.15, 0.2) is 0 Å². The molecule has 0 aromatic heterocycles. The van der Waals surface area contributed by atoms with Crippen LogP contribution in [-0.4, -0.2) is 19.4 Å². The minimum Gasteiger partial charge on any atom is -0.233 e. The Balaban J connectivity index is 2.18. The Hall–Kier alpha value is 0.350. The highest BCUT2D eigenvalue weighted by Crippen LogP contribution is 2.36. The Kier molecular flexibility index (Phi) is 1.41. The van der Waals surface area contributed by atoms with Crippen LogP contribution in [0.2, 0.25) is 0 Å². The van der Waals surface area contributed by atoms with Crippen molar-refractivity contribution in [3.63, 3.8) is 0 Å². The fraction of sp³-hybridized carbons (Fsp3) is 1.00. The SMILES string of the molecule is CP1CCOO1. The van der Waals surface area contributed by atoms with Gasteiger partial charge in [0.25, 0.3) is 0 Å². The maximum atomic E-state index is 4.72. The first-order valence-electron chi connectivity index (χ1n) is 1.90. The molecule has 1 unspecified atom stereocenters. The van der Waals surface area contributed by atoms with Crippen LogP contribution >= 0.6 is 8.15 Å². The molecule has 0 radical (unpaired) electrons. The smallest absolute Gasteiger partial charge is 0.0887 e. The van der Waals surface area contributed by atoms with Gasteiger partial charge in [-0.05, 0) is 6.66 Å². The molecule has 36 valence electrons. The lowest BCUT2D eigenvalue weighted by atomic mass is 10.9. The number of hydrogen-bond donors (Lipinski definition) is 0. The van der Waals surface area contributed by atoms with Gasteiger partial charge in [-0.25, -0.2) is 9.56 Å². The van der Waals surface area contributed by atoms with Crippen LogP contribution in [-0.2, 0) is 9.56 Å². The topological polar surface area (TPSA) is 18.5 Å². The van der Waals surface area contributed by atoms with E-state index in [4.69, 9.17) is 4.67 Å². The molecule has 0 saturated carbocycles. The summed E-state index contributed by atoms with van der Waals surface area (Å²) in [6, 6.07) is 0. The van der Waals surface area contributed by atoms with E-state index in [2.05, 4.69) is 11.6 Å². The van der Waals surface area contributed by atoms with Crippen LogP contribution in [0.4, 0.5) is 0 Å². The maximum Gasteiger partial charge on any atom is 0.0887 e. The standard InChI is InChI=1S/C3H7O2P/c1-6-3-2-4-5-6/h2-3H2,1H3. The van der Waals surface area contributed by atoms with Crippen molar-refractivity contribution in [1.82, 2.24) is 0 Å². The van der Waals surface area contributed by atoms with Crippen LogP contribution in [0.3, 0.4) is 0 Å². The zero-order valence-electron chi connectivity index (χ0n) is 3.68. The van der Waals surface area contributed by atoms with E-state index in [9.17, 15) is 0 Å². The van der Waals surface area contributed by atoms with Crippen molar-refractivity contribution in [2.45, 2.75) is 0 Å². The van der Waals surface area contributed by atoms with Crippen LogP contribution in [0.1, 0.15) is 0 Å². The monoisotopic (exact) mass is 106 g/mol. The predicted molar refractivity (Wildman–Crippen MR) is 24.7 cm³/mol. The Morgan fingerprint density at radius 2 is 2.50 bits per heavy atom.